The minimum absolute atomic E-state index is 0.0424. The van der Waals surface area contributed by atoms with Crippen LogP contribution in [0.5, 0.6) is 0 Å². The lowest BCUT2D eigenvalue weighted by Crippen LogP contribution is -2.14. The molecule has 6 heteroatoms. The molecule has 2 aromatic rings. The maximum atomic E-state index is 12.2. The van der Waals surface area contributed by atoms with Crippen molar-refractivity contribution < 1.29 is 4.79 Å². The summed E-state index contributed by atoms with van der Waals surface area (Å²) >= 11 is 9.47. The number of hydrogen-bond donors (Lipinski definition) is 2. The van der Waals surface area contributed by atoms with Crippen molar-refractivity contribution in [3.05, 3.63) is 68.8 Å². The second-order valence-electron chi connectivity index (χ2n) is 5.22. The number of amides is 1. The average molecular weight is 405 g/mol. The van der Waals surface area contributed by atoms with Crippen LogP contribution in [0.15, 0.2) is 52.6 Å². The van der Waals surface area contributed by atoms with E-state index in [4.69, 9.17) is 11.6 Å². The first kappa shape index (κ1) is 18.1. The van der Waals surface area contributed by atoms with E-state index in [2.05, 4.69) is 26.6 Å². The van der Waals surface area contributed by atoms with E-state index < -0.39 is 5.91 Å². The van der Waals surface area contributed by atoms with Gasteiger partial charge in [0, 0.05) is 21.4 Å². The SMILES string of the molecule is Cc1ccc(N/C=C(/C#N)C(=O)Nc2ccc(C)c(Cl)c2)c(Br)c1. The number of benzene rings is 2. The van der Waals surface area contributed by atoms with Crippen molar-refractivity contribution in [3.63, 3.8) is 0 Å². The fourth-order valence-corrected chi connectivity index (χ4v) is 2.69. The summed E-state index contributed by atoms with van der Waals surface area (Å²) in [5, 5.41) is 15.4. The third-order valence-corrected chi connectivity index (χ3v) is 4.35. The zero-order valence-corrected chi connectivity index (χ0v) is 15.5. The largest absolute Gasteiger partial charge is 0.359 e. The first-order valence-electron chi connectivity index (χ1n) is 7.11. The van der Waals surface area contributed by atoms with E-state index in [1.165, 1.54) is 6.20 Å². The number of nitrogens with zero attached hydrogens (tertiary/aromatic N) is 1. The molecular weight excluding hydrogens is 390 g/mol. The fraction of sp³-hybridized carbons (Fsp3) is 0.111. The van der Waals surface area contributed by atoms with Crippen LogP contribution in [0, 0.1) is 25.2 Å². The van der Waals surface area contributed by atoms with Gasteiger partial charge in [0.1, 0.15) is 11.6 Å². The van der Waals surface area contributed by atoms with Crippen molar-refractivity contribution >= 4 is 44.8 Å². The van der Waals surface area contributed by atoms with E-state index in [0.29, 0.717) is 10.7 Å². The highest BCUT2D eigenvalue weighted by Crippen LogP contribution is 2.24. The first-order chi connectivity index (χ1) is 11.4. The van der Waals surface area contributed by atoms with Crippen LogP contribution in [0.1, 0.15) is 11.1 Å². The maximum Gasteiger partial charge on any atom is 0.267 e. The van der Waals surface area contributed by atoms with Crippen LogP contribution in [0.25, 0.3) is 0 Å². The molecule has 2 N–H and O–H groups in total. The number of aryl methyl sites for hydroxylation is 2. The highest BCUT2D eigenvalue weighted by molar-refractivity contribution is 9.10. The van der Waals surface area contributed by atoms with Crippen LogP contribution in [-0.4, -0.2) is 5.91 Å². The Labute approximate surface area is 154 Å². The van der Waals surface area contributed by atoms with E-state index >= 15 is 0 Å². The zero-order chi connectivity index (χ0) is 17.7. The van der Waals surface area contributed by atoms with Crippen molar-refractivity contribution in [2.24, 2.45) is 0 Å². The van der Waals surface area contributed by atoms with Crippen LogP contribution in [0.2, 0.25) is 5.02 Å². The molecule has 0 fully saturated rings. The highest BCUT2D eigenvalue weighted by atomic mass is 79.9. The molecule has 0 bridgehead atoms. The molecule has 4 nitrogen and oxygen atoms in total. The number of nitriles is 1. The molecule has 0 spiro atoms. The van der Waals surface area contributed by atoms with Gasteiger partial charge in [0.25, 0.3) is 5.91 Å². The second-order valence-corrected chi connectivity index (χ2v) is 6.48. The Hall–Kier alpha value is -2.29. The van der Waals surface area contributed by atoms with Crippen LogP contribution in [-0.2, 0) is 4.79 Å². The number of halogens is 2. The van der Waals surface area contributed by atoms with Gasteiger partial charge in [-0.25, -0.2) is 0 Å². The van der Waals surface area contributed by atoms with Crippen molar-refractivity contribution in [1.29, 1.82) is 5.26 Å². The number of rotatable bonds is 4. The highest BCUT2D eigenvalue weighted by Gasteiger charge is 2.10. The Morgan fingerprint density at radius 1 is 1.25 bits per heavy atom. The Kier molecular flexibility index (Phi) is 6.02. The smallest absolute Gasteiger partial charge is 0.267 e. The molecule has 24 heavy (non-hydrogen) atoms. The van der Waals surface area contributed by atoms with Gasteiger partial charge in [0.05, 0.1) is 5.69 Å². The van der Waals surface area contributed by atoms with E-state index in [9.17, 15) is 10.1 Å². The lowest BCUT2D eigenvalue weighted by Gasteiger charge is -2.08. The summed E-state index contributed by atoms with van der Waals surface area (Å²) in [6.07, 6.45) is 1.38. The molecular formula is C18H15BrClN3O. The summed E-state index contributed by atoms with van der Waals surface area (Å²) in [7, 11) is 0. The number of carbonyl (C=O) groups is 1. The Morgan fingerprint density at radius 2 is 2.00 bits per heavy atom. The summed E-state index contributed by atoms with van der Waals surface area (Å²) in [4.78, 5) is 12.2. The number of anilines is 2. The van der Waals surface area contributed by atoms with Gasteiger partial charge in [-0.1, -0.05) is 23.7 Å². The van der Waals surface area contributed by atoms with E-state index in [-0.39, 0.29) is 5.57 Å². The number of hydrogen-bond acceptors (Lipinski definition) is 3. The number of nitrogens with one attached hydrogen (secondary N) is 2. The topological polar surface area (TPSA) is 64.9 Å². The molecule has 2 aromatic carbocycles. The monoisotopic (exact) mass is 403 g/mol. The number of carbonyl (C=O) groups excluding carboxylic acids is 1. The molecule has 122 valence electrons. The standard InChI is InChI=1S/C18H15BrClN3O/c1-11-3-6-17(15(19)7-11)22-10-13(9-21)18(24)23-14-5-4-12(2)16(20)8-14/h3-8,10,22H,1-2H3,(H,23,24)/b13-10-. The first-order valence-corrected chi connectivity index (χ1v) is 8.28. The van der Waals surface area contributed by atoms with E-state index in [0.717, 1.165) is 21.3 Å². The predicted octanol–water partition coefficient (Wildman–Crippen LogP) is 5.18. The fourth-order valence-electron chi connectivity index (χ4n) is 1.90. The molecule has 2 rings (SSSR count). The molecule has 0 heterocycles. The molecule has 0 aliphatic rings. The predicted molar refractivity (Wildman–Crippen MR) is 101 cm³/mol. The Balaban J connectivity index is 2.13. The molecule has 0 aliphatic heterocycles. The summed E-state index contributed by atoms with van der Waals surface area (Å²) < 4.78 is 0.849. The van der Waals surface area contributed by atoms with E-state index in [1.54, 1.807) is 18.2 Å². The summed E-state index contributed by atoms with van der Waals surface area (Å²) in [5.74, 6) is -0.506. The molecule has 0 saturated heterocycles. The molecule has 0 saturated carbocycles. The van der Waals surface area contributed by atoms with E-state index in [1.807, 2.05) is 38.1 Å². The van der Waals surface area contributed by atoms with Gasteiger partial charge >= 0.3 is 0 Å². The third kappa shape index (κ3) is 4.60. The minimum Gasteiger partial charge on any atom is -0.359 e. The lowest BCUT2D eigenvalue weighted by atomic mass is 10.2. The summed E-state index contributed by atoms with van der Waals surface area (Å²) in [6, 6.07) is 12.8. The van der Waals surface area contributed by atoms with Crippen LogP contribution >= 0.6 is 27.5 Å². The van der Waals surface area contributed by atoms with Gasteiger partial charge in [-0.3, -0.25) is 4.79 Å². The lowest BCUT2D eigenvalue weighted by molar-refractivity contribution is -0.112. The van der Waals surface area contributed by atoms with Crippen molar-refractivity contribution in [2.45, 2.75) is 13.8 Å². The van der Waals surface area contributed by atoms with Crippen molar-refractivity contribution in [3.8, 4) is 6.07 Å². The zero-order valence-electron chi connectivity index (χ0n) is 13.2. The van der Waals surface area contributed by atoms with Crippen LogP contribution in [0.4, 0.5) is 11.4 Å². The molecule has 0 aromatic heterocycles. The Morgan fingerprint density at radius 3 is 2.62 bits per heavy atom. The minimum atomic E-state index is -0.506. The quantitative estimate of drug-likeness (QED) is 0.545. The summed E-state index contributed by atoms with van der Waals surface area (Å²) in [6.45, 7) is 3.85. The summed E-state index contributed by atoms with van der Waals surface area (Å²) in [5.41, 5.74) is 3.27. The van der Waals surface area contributed by atoms with Gasteiger partial charge in [-0.15, -0.1) is 0 Å². The van der Waals surface area contributed by atoms with Crippen molar-refractivity contribution in [2.75, 3.05) is 10.6 Å². The maximum absolute atomic E-state index is 12.2. The molecule has 1 amide bonds. The normalized spacial score (nSPS) is 10.9. The van der Waals surface area contributed by atoms with Crippen molar-refractivity contribution in [1.82, 2.24) is 0 Å². The van der Waals surface area contributed by atoms with Gasteiger partial charge < -0.3 is 10.6 Å². The van der Waals surface area contributed by atoms with Crippen LogP contribution < -0.4 is 10.6 Å². The van der Waals surface area contributed by atoms with Gasteiger partial charge in [0.2, 0.25) is 0 Å². The molecule has 0 atom stereocenters. The van der Waals surface area contributed by atoms with Gasteiger partial charge in [-0.2, -0.15) is 5.26 Å². The molecule has 0 unspecified atom stereocenters. The second kappa shape index (κ2) is 8.00. The third-order valence-electron chi connectivity index (χ3n) is 3.29. The Bertz CT molecular complexity index is 856. The average Bonchev–Trinajstić information content (AvgIpc) is 2.53. The van der Waals surface area contributed by atoms with Crippen LogP contribution in [0.3, 0.4) is 0 Å². The molecule has 0 aliphatic carbocycles. The van der Waals surface area contributed by atoms with Gasteiger partial charge in [-0.05, 0) is 65.2 Å². The molecule has 0 radical (unpaired) electrons. The van der Waals surface area contributed by atoms with Gasteiger partial charge in [0.15, 0.2) is 0 Å².